The molecule has 5 nitrogen and oxygen atoms in total. The Hall–Kier alpha value is -2.43. The number of hydrogen-bond donors (Lipinski definition) is 1. The summed E-state index contributed by atoms with van der Waals surface area (Å²) in [4.78, 5) is 29.7. The lowest BCUT2D eigenvalue weighted by atomic mass is 9.81. The van der Waals surface area contributed by atoms with Crippen LogP contribution in [0.4, 0.5) is 0 Å². The SMILES string of the molecule is CCOC(=O)C1(NC(=O)c2cccc3ncccc23)CCCCC1. The summed E-state index contributed by atoms with van der Waals surface area (Å²) in [6.45, 7) is 2.10. The number of ether oxygens (including phenoxy) is 1. The number of esters is 1. The lowest BCUT2D eigenvalue weighted by Gasteiger charge is -2.35. The van der Waals surface area contributed by atoms with Crippen LogP contribution in [0.25, 0.3) is 10.9 Å². The van der Waals surface area contributed by atoms with Crippen molar-refractivity contribution in [1.29, 1.82) is 0 Å². The highest BCUT2D eigenvalue weighted by molar-refractivity contribution is 6.07. The topological polar surface area (TPSA) is 68.3 Å². The zero-order valence-electron chi connectivity index (χ0n) is 13.9. The van der Waals surface area contributed by atoms with Crippen LogP contribution in [0.3, 0.4) is 0 Å². The highest BCUT2D eigenvalue weighted by atomic mass is 16.5. The van der Waals surface area contributed by atoms with Gasteiger partial charge in [-0.3, -0.25) is 9.78 Å². The second-order valence-electron chi connectivity index (χ2n) is 6.19. The molecule has 0 spiro atoms. The van der Waals surface area contributed by atoms with Crippen molar-refractivity contribution in [3.05, 3.63) is 42.1 Å². The van der Waals surface area contributed by atoms with E-state index in [1.54, 1.807) is 25.3 Å². The van der Waals surface area contributed by atoms with Crippen molar-refractivity contribution in [2.75, 3.05) is 6.61 Å². The molecule has 1 amide bonds. The van der Waals surface area contributed by atoms with Crippen molar-refractivity contribution in [2.45, 2.75) is 44.6 Å². The van der Waals surface area contributed by atoms with Crippen molar-refractivity contribution in [3.8, 4) is 0 Å². The van der Waals surface area contributed by atoms with E-state index in [-0.39, 0.29) is 11.9 Å². The second kappa shape index (κ2) is 6.99. The van der Waals surface area contributed by atoms with Gasteiger partial charge in [-0.1, -0.05) is 31.4 Å². The number of amides is 1. The summed E-state index contributed by atoms with van der Waals surface area (Å²) in [5.74, 6) is -0.569. The molecular weight excluding hydrogens is 304 g/mol. The molecule has 1 aliphatic carbocycles. The monoisotopic (exact) mass is 326 g/mol. The van der Waals surface area contributed by atoms with Gasteiger partial charge in [-0.25, -0.2) is 4.79 Å². The lowest BCUT2D eigenvalue weighted by molar-refractivity contribution is -0.152. The summed E-state index contributed by atoms with van der Waals surface area (Å²) < 4.78 is 5.24. The number of carbonyl (C=O) groups excluding carboxylic acids is 2. The smallest absolute Gasteiger partial charge is 0.331 e. The lowest BCUT2D eigenvalue weighted by Crippen LogP contribution is -2.56. The fourth-order valence-electron chi connectivity index (χ4n) is 3.39. The average molecular weight is 326 g/mol. The minimum atomic E-state index is -0.907. The van der Waals surface area contributed by atoms with Crippen molar-refractivity contribution in [2.24, 2.45) is 0 Å². The molecule has 1 saturated carbocycles. The van der Waals surface area contributed by atoms with Gasteiger partial charge in [0.05, 0.1) is 12.1 Å². The quantitative estimate of drug-likeness (QED) is 0.876. The molecule has 0 atom stereocenters. The van der Waals surface area contributed by atoms with Gasteiger partial charge in [0, 0.05) is 17.1 Å². The van der Waals surface area contributed by atoms with E-state index in [0.29, 0.717) is 25.0 Å². The van der Waals surface area contributed by atoms with Gasteiger partial charge in [-0.2, -0.15) is 0 Å². The maximum atomic E-state index is 12.9. The molecule has 0 aliphatic heterocycles. The summed E-state index contributed by atoms with van der Waals surface area (Å²) in [7, 11) is 0. The number of rotatable bonds is 4. The highest BCUT2D eigenvalue weighted by Gasteiger charge is 2.42. The van der Waals surface area contributed by atoms with Crippen molar-refractivity contribution < 1.29 is 14.3 Å². The molecule has 0 unspecified atom stereocenters. The number of nitrogens with zero attached hydrogens (tertiary/aromatic N) is 1. The van der Waals surface area contributed by atoms with Crippen molar-refractivity contribution in [3.63, 3.8) is 0 Å². The van der Waals surface area contributed by atoms with Crippen LogP contribution in [-0.4, -0.2) is 29.0 Å². The maximum Gasteiger partial charge on any atom is 0.331 e. The number of hydrogen-bond acceptors (Lipinski definition) is 4. The molecule has 0 radical (unpaired) electrons. The molecule has 1 N–H and O–H groups in total. The van der Waals surface area contributed by atoms with Gasteiger partial charge in [-0.15, -0.1) is 0 Å². The molecule has 1 aromatic heterocycles. The first kappa shape index (κ1) is 16.4. The summed E-state index contributed by atoms with van der Waals surface area (Å²) >= 11 is 0. The summed E-state index contributed by atoms with van der Waals surface area (Å²) in [6.07, 6.45) is 5.86. The Bertz CT molecular complexity index is 746. The molecule has 126 valence electrons. The van der Waals surface area contributed by atoms with E-state index in [4.69, 9.17) is 4.74 Å². The van der Waals surface area contributed by atoms with E-state index in [1.807, 2.05) is 18.2 Å². The molecule has 1 fully saturated rings. The molecule has 2 aromatic rings. The maximum absolute atomic E-state index is 12.9. The van der Waals surface area contributed by atoms with Crippen LogP contribution in [0.5, 0.6) is 0 Å². The van der Waals surface area contributed by atoms with Crippen LogP contribution in [0.15, 0.2) is 36.5 Å². The largest absolute Gasteiger partial charge is 0.464 e. The number of nitrogens with one attached hydrogen (secondary N) is 1. The van der Waals surface area contributed by atoms with Crippen molar-refractivity contribution in [1.82, 2.24) is 10.3 Å². The van der Waals surface area contributed by atoms with Gasteiger partial charge in [0.2, 0.25) is 0 Å². The minimum absolute atomic E-state index is 0.247. The molecular formula is C19H22N2O3. The Morgan fingerprint density at radius 1 is 1.17 bits per heavy atom. The molecule has 1 heterocycles. The Kier molecular flexibility index (Phi) is 4.79. The van der Waals surface area contributed by atoms with Crippen LogP contribution < -0.4 is 5.32 Å². The zero-order valence-corrected chi connectivity index (χ0v) is 13.9. The molecule has 0 saturated heterocycles. The van der Waals surface area contributed by atoms with E-state index < -0.39 is 5.54 Å². The van der Waals surface area contributed by atoms with Gasteiger partial charge < -0.3 is 10.1 Å². The van der Waals surface area contributed by atoms with Crippen LogP contribution in [0.2, 0.25) is 0 Å². The highest BCUT2D eigenvalue weighted by Crippen LogP contribution is 2.30. The van der Waals surface area contributed by atoms with Crippen LogP contribution in [-0.2, 0) is 9.53 Å². The Morgan fingerprint density at radius 2 is 1.96 bits per heavy atom. The number of carbonyl (C=O) groups is 2. The molecule has 3 rings (SSSR count). The molecule has 5 heteroatoms. The predicted molar refractivity (Wildman–Crippen MR) is 91.7 cm³/mol. The van der Waals surface area contributed by atoms with Gasteiger partial charge >= 0.3 is 5.97 Å². The number of benzene rings is 1. The fourth-order valence-corrected chi connectivity index (χ4v) is 3.39. The first-order valence-corrected chi connectivity index (χ1v) is 8.50. The Morgan fingerprint density at radius 3 is 2.71 bits per heavy atom. The average Bonchev–Trinajstić information content (AvgIpc) is 2.62. The summed E-state index contributed by atoms with van der Waals surface area (Å²) in [6, 6.07) is 9.12. The van der Waals surface area contributed by atoms with Gasteiger partial charge in [0.1, 0.15) is 5.54 Å². The van der Waals surface area contributed by atoms with E-state index in [9.17, 15) is 9.59 Å². The first-order valence-electron chi connectivity index (χ1n) is 8.50. The fraction of sp³-hybridized carbons (Fsp3) is 0.421. The minimum Gasteiger partial charge on any atom is -0.464 e. The van der Waals surface area contributed by atoms with Crippen molar-refractivity contribution >= 4 is 22.8 Å². The van der Waals surface area contributed by atoms with Gasteiger partial charge in [0.15, 0.2) is 0 Å². The van der Waals surface area contributed by atoms with E-state index >= 15 is 0 Å². The Balaban J connectivity index is 1.91. The normalized spacial score (nSPS) is 16.5. The van der Waals surface area contributed by atoms with Crippen LogP contribution in [0.1, 0.15) is 49.4 Å². The number of aromatic nitrogens is 1. The summed E-state index contributed by atoms with van der Waals surface area (Å²) in [5.41, 5.74) is 0.393. The Labute approximate surface area is 141 Å². The summed E-state index contributed by atoms with van der Waals surface area (Å²) in [5, 5.41) is 3.77. The van der Waals surface area contributed by atoms with Gasteiger partial charge in [-0.05, 0) is 38.0 Å². The van der Waals surface area contributed by atoms with E-state index in [2.05, 4.69) is 10.3 Å². The number of fused-ring (bicyclic) bond motifs is 1. The van der Waals surface area contributed by atoms with Gasteiger partial charge in [0.25, 0.3) is 5.91 Å². The predicted octanol–water partition coefficient (Wildman–Crippen LogP) is 3.23. The number of pyridine rings is 1. The molecule has 1 aliphatic rings. The van der Waals surface area contributed by atoms with Crippen LogP contribution in [0, 0.1) is 0 Å². The van der Waals surface area contributed by atoms with E-state index in [1.165, 1.54) is 0 Å². The third kappa shape index (κ3) is 3.11. The first-order chi connectivity index (χ1) is 11.7. The third-order valence-corrected chi connectivity index (χ3v) is 4.62. The second-order valence-corrected chi connectivity index (χ2v) is 6.19. The molecule has 1 aromatic carbocycles. The standard InChI is InChI=1S/C19H22N2O3/c1-2-24-18(23)19(11-4-3-5-12-19)21-17(22)15-8-6-10-16-14(15)9-7-13-20-16/h6-10,13H,2-5,11-12H2,1H3,(H,21,22). The third-order valence-electron chi connectivity index (χ3n) is 4.62. The van der Waals surface area contributed by atoms with Crippen LogP contribution >= 0.6 is 0 Å². The van der Waals surface area contributed by atoms with E-state index in [0.717, 1.165) is 30.2 Å². The molecule has 24 heavy (non-hydrogen) atoms. The molecule has 0 bridgehead atoms. The zero-order chi connectivity index (χ0) is 17.0.